The Morgan fingerprint density at radius 1 is 1.47 bits per heavy atom. The Morgan fingerprint density at radius 2 is 2.27 bits per heavy atom. The fourth-order valence-electron chi connectivity index (χ4n) is 1.37. The van der Waals surface area contributed by atoms with Gasteiger partial charge in [-0.05, 0) is 18.6 Å². The van der Waals surface area contributed by atoms with E-state index in [0.29, 0.717) is 11.8 Å². The van der Waals surface area contributed by atoms with Crippen LogP contribution in [0.25, 0.3) is 11.3 Å². The number of hydrogen-bond acceptors (Lipinski definition) is 2. The maximum Gasteiger partial charge on any atom is 0.209 e. The number of halogens is 2. The van der Waals surface area contributed by atoms with Gasteiger partial charge in [0.1, 0.15) is 0 Å². The molecule has 2 nitrogen and oxygen atoms in total. The van der Waals surface area contributed by atoms with Crippen LogP contribution >= 0.6 is 27.5 Å². The van der Waals surface area contributed by atoms with E-state index in [-0.39, 0.29) is 0 Å². The summed E-state index contributed by atoms with van der Waals surface area (Å²) in [4.78, 5) is 4.07. The highest BCUT2D eigenvalue weighted by Crippen LogP contribution is 2.29. The SMILES string of the molecule is Cc1c(Br)cccc1-c1cnc(CCl)o1. The van der Waals surface area contributed by atoms with Gasteiger partial charge in [0, 0.05) is 10.0 Å². The average Bonchev–Trinajstić information content (AvgIpc) is 2.70. The lowest BCUT2D eigenvalue weighted by Crippen LogP contribution is -1.81. The summed E-state index contributed by atoms with van der Waals surface area (Å²) in [5.74, 6) is 1.60. The van der Waals surface area contributed by atoms with E-state index < -0.39 is 0 Å². The molecule has 0 bridgehead atoms. The van der Waals surface area contributed by atoms with Crippen molar-refractivity contribution in [1.82, 2.24) is 4.98 Å². The van der Waals surface area contributed by atoms with E-state index in [0.717, 1.165) is 21.4 Å². The van der Waals surface area contributed by atoms with Crippen molar-refractivity contribution in [2.75, 3.05) is 0 Å². The van der Waals surface area contributed by atoms with Crippen molar-refractivity contribution in [3.05, 3.63) is 40.3 Å². The summed E-state index contributed by atoms with van der Waals surface area (Å²) in [5.41, 5.74) is 2.17. The number of aromatic nitrogens is 1. The quantitative estimate of drug-likeness (QED) is 0.775. The molecule has 0 N–H and O–H groups in total. The molecule has 0 saturated heterocycles. The van der Waals surface area contributed by atoms with Crippen LogP contribution in [0.4, 0.5) is 0 Å². The molecule has 0 aliphatic carbocycles. The molecule has 78 valence electrons. The molecule has 2 aromatic rings. The molecule has 0 radical (unpaired) electrons. The number of nitrogens with zero attached hydrogens (tertiary/aromatic N) is 1. The molecule has 1 aromatic carbocycles. The number of benzene rings is 1. The summed E-state index contributed by atoms with van der Waals surface area (Å²) in [6.45, 7) is 2.03. The Hall–Kier alpha value is -0.800. The zero-order valence-electron chi connectivity index (χ0n) is 8.13. The first-order valence-electron chi connectivity index (χ1n) is 4.48. The molecule has 15 heavy (non-hydrogen) atoms. The molecule has 1 aromatic heterocycles. The summed E-state index contributed by atoms with van der Waals surface area (Å²) in [6, 6.07) is 5.96. The molecule has 0 aliphatic heterocycles. The normalized spacial score (nSPS) is 10.6. The van der Waals surface area contributed by atoms with E-state index in [1.807, 2.05) is 25.1 Å². The third-order valence-corrected chi connectivity index (χ3v) is 3.29. The molecule has 2 rings (SSSR count). The number of hydrogen-bond donors (Lipinski definition) is 0. The van der Waals surface area contributed by atoms with Crippen LogP contribution in [0.3, 0.4) is 0 Å². The Balaban J connectivity index is 2.49. The molecule has 0 aliphatic rings. The minimum absolute atomic E-state index is 0.299. The predicted molar refractivity (Wildman–Crippen MR) is 63.9 cm³/mol. The minimum Gasteiger partial charge on any atom is -0.439 e. The Bertz CT molecular complexity index is 481. The maximum absolute atomic E-state index is 5.63. The van der Waals surface area contributed by atoms with Gasteiger partial charge in [-0.25, -0.2) is 4.98 Å². The average molecular weight is 287 g/mol. The lowest BCUT2D eigenvalue weighted by atomic mass is 10.1. The van der Waals surface area contributed by atoms with E-state index in [4.69, 9.17) is 16.0 Å². The van der Waals surface area contributed by atoms with Crippen LogP contribution in [-0.4, -0.2) is 4.98 Å². The molecular weight excluding hydrogens is 277 g/mol. The van der Waals surface area contributed by atoms with E-state index in [2.05, 4.69) is 20.9 Å². The van der Waals surface area contributed by atoms with Crippen LogP contribution in [0.5, 0.6) is 0 Å². The Labute approximate surface area is 101 Å². The van der Waals surface area contributed by atoms with Gasteiger partial charge in [-0.2, -0.15) is 0 Å². The fourth-order valence-corrected chi connectivity index (χ4v) is 1.86. The molecule has 0 spiro atoms. The maximum atomic E-state index is 5.63. The summed E-state index contributed by atoms with van der Waals surface area (Å²) in [5, 5.41) is 0. The van der Waals surface area contributed by atoms with Gasteiger partial charge in [0.05, 0.1) is 12.1 Å². The van der Waals surface area contributed by atoms with Crippen LogP contribution < -0.4 is 0 Å². The van der Waals surface area contributed by atoms with Crippen molar-refractivity contribution in [3.8, 4) is 11.3 Å². The van der Waals surface area contributed by atoms with Crippen LogP contribution in [0.2, 0.25) is 0 Å². The fraction of sp³-hybridized carbons (Fsp3) is 0.182. The zero-order chi connectivity index (χ0) is 10.8. The highest BCUT2D eigenvalue weighted by molar-refractivity contribution is 9.10. The molecule has 0 saturated carbocycles. The zero-order valence-corrected chi connectivity index (χ0v) is 10.5. The smallest absolute Gasteiger partial charge is 0.209 e. The molecule has 0 atom stereocenters. The number of oxazole rings is 1. The predicted octanol–water partition coefficient (Wildman–Crippen LogP) is 4.15. The van der Waals surface area contributed by atoms with Crippen molar-refractivity contribution in [1.29, 1.82) is 0 Å². The van der Waals surface area contributed by atoms with Crippen molar-refractivity contribution < 1.29 is 4.42 Å². The second-order valence-corrected chi connectivity index (χ2v) is 4.29. The van der Waals surface area contributed by atoms with Gasteiger partial charge in [-0.3, -0.25) is 0 Å². The highest BCUT2D eigenvalue weighted by atomic mass is 79.9. The van der Waals surface area contributed by atoms with Crippen molar-refractivity contribution in [3.63, 3.8) is 0 Å². The summed E-state index contributed by atoms with van der Waals surface area (Å²) in [7, 11) is 0. The molecule has 4 heteroatoms. The summed E-state index contributed by atoms with van der Waals surface area (Å²) < 4.78 is 6.55. The molecule has 0 fully saturated rings. The minimum atomic E-state index is 0.299. The van der Waals surface area contributed by atoms with E-state index in [1.54, 1.807) is 6.20 Å². The van der Waals surface area contributed by atoms with Crippen molar-refractivity contribution >= 4 is 27.5 Å². The summed E-state index contributed by atoms with van der Waals surface area (Å²) >= 11 is 9.11. The Morgan fingerprint density at radius 3 is 2.93 bits per heavy atom. The monoisotopic (exact) mass is 285 g/mol. The topological polar surface area (TPSA) is 26.0 Å². The lowest BCUT2D eigenvalue weighted by Gasteiger charge is -2.03. The molecule has 1 heterocycles. The molecule has 0 unspecified atom stereocenters. The van der Waals surface area contributed by atoms with Gasteiger partial charge in [-0.1, -0.05) is 28.1 Å². The standard InChI is InChI=1S/C11H9BrClNO/c1-7-8(3-2-4-9(7)12)10-6-14-11(5-13)15-10/h2-4,6H,5H2,1H3. The van der Waals surface area contributed by atoms with E-state index >= 15 is 0 Å². The first-order valence-corrected chi connectivity index (χ1v) is 5.81. The van der Waals surface area contributed by atoms with Crippen LogP contribution in [0, 0.1) is 6.92 Å². The Kier molecular flexibility index (Phi) is 3.12. The largest absolute Gasteiger partial charge is 0.439 e. The van der Waals surface area contributed by atoms with Crippen LogP contribution in [0.1, 0.15) is 11.5 Å². The van der Waals surface area contributed by atoms with Crippen molar-refractivity contribution in [2.24, 2.45) is 0 Å². The third kappa shape index (κ3) is 2.08. The second-order valence-electron chi connectivity index (χ2n) is 3.16. The molecule has 0 amide bonds. The first kappa shape index (κ1) is 10.7. The van der Waals surface area contributed by atoms with Gasteiger partial charge in [0.15, 0.2) is 5.76 Å². The van der Waals surface area contributed by atoms with Gasteiger partial charge in [0.25, 0.3) is 0 Å². The second kappa shape index (κ2) is 4.37. The van der Waals surface area contributed by atoms with Gasteiger partial charge < -0.3 is 4.42 Å². The highest BCUT2D eigenvalue weighted by Gasteiger charge is 2.09. The van der Waals surface area contributed by atoms with Gasteiger partial charge in [-0.15, -0.1) is 11.6 Å². The van der Waals surface area contributed by atoms with E-state index in [9.17, 15) is 0 Å². The molecular formula is C11H9BrClNO. The van der Waals surface area contributed by atoms with Gasteiger partial charge >= 0.3 is 0 Å². The van der Waals surface area contributed by atoms with Crippen LogP contribution in [-0.2, 0) is 5.88 Å². The van der Waals surface area contributed by atoms with Crippen LogP contribution in [0.15, 0.2) is 33.3 Å². The lowest BCUT2D eigenvalue weighted by molar-refractivity contribution is 0.528. The number of alkyl halides is 1. The number of rotatable bonds is 2. The van der Waals surface area contributed by atoms with Crippen molar-refractivity contribution in [2.45, 2.75) is 12.8 Å². The summed E-state index contributed by atoms with van der Waals surface area (Å²) in [6.07, 6.45) is 1.70. The first-order chi connectivity index (χ1) is 7.22. The third-order valence-electron chi connectivity index (χ3n) is 2.20. The van der Waals surface area contributed by atoms with E-state index in [1.165, 1.54) is 0 Å². The van der Waals surface area contributed by atoms with Gasteiger partial charge in [0.2, 0.25) is 5.89 Å².